The van der Waals surface area contributed by atoms with Crippen molar-refractivity contribution >= 4 is 30.1 Å². The van der Waals surface area contributed by atoms with Gasteiger partial charge in [0.25, 0.3) is 0 Å². The molecule has 0 amide bonds. The van der Waals surface area contributed by atoms with Gasteiger partial charge in [0, 0.05) is 54.1 Å². The largest absolute Gasteiger partial charge is 0.338 e. The standard InChI is InChI=1S/C26H21N5O/c32-18-4-17-31-24-19-26(20-8-13-27-14-9-20,21-10-15-28-16-11-21)12-7-23(24)25(30-31)29-22-5-2-1-3-6-22/h1-18H,19H2,(H,29,30). The van der Waals surface area contributed by atoms with E-state index in [9.17, 15) is 4.79 Å². The van der Waals surface area contributed by atoms with Crippen LogP contribution in [0.4, 0.5) is 11.5 Å². The number of nitrogens with one attached hydrogen (secondary N) is 1. The molecule has 0 aliphatic heterocycles. The first-order valence-electron chi connectivity index (χ1n) is 10.4. The maximum atomic E-state index is 11.0. The van der Waals surface area contributed by atoms with Crippen molar-refractivity contribution in [3.05, 3.63) is 114 Å². The summed E-state index contributed by atoms with van der Waals surface area (Å²) < 4.78 is 1.79. The molecule has 0 fully saturated rings. The number of pyridine rings is 2. The summed E-state index contributed by atoms with van der Waals surface area (Å²) in [6.07, 6.45) is 16.2. The fourth-order valence-corrected chi connectivity index (χ4v) is 4.23. The molecule has 0 atom stereocenters. The summed E-state index contributed by atoms with van der Waals surface area (Å²) >= 11 is 0. The summed E-state index contributed by atoms with van der Waals surface area (Å²) in [7, 11) is 0. The molecular formula is C26H21N5O. The highest BCUT2D eigenvalue weighted by atomic mass is 16.1. The minimum absolute atomic E-state index is 0.407. The third-order valence-corrected chi connectivity index (χ3v) is 5.76. The monoisotopic (exact) mass is 419 g/mol. The highest BCUT2D eigenvalue weighted by molar-refractivity contribution is 5.76. The SMILES string of the molecule is O=CC=Cn1nc(Nc2ccccc2)c2c1CC(c1ccncc1)(c1ccncc1)C=C2. The normalized spacial score (nSPS) is 14.2. The topological polar surface area (TPSA) is 72.7 Å². The van der Waals surface area contributed by atoms with Crippen LogP contribution in [0.1, 0.15) is 22.4 Å². The lowest BCUT2D eigenvalue weighted by Crippen LogP contribution is -2.31. The molecule has 1 aliphatic carbocycles. The van der Waals surface area contributed by atoms with E-state index in [0.717, 1.165) is 40.2 Å². The Morgan fingerprint density at radius 3 is 2.19 bits per heavy atom. The van der Waals surface area contributed by atoms with Gasteiger partial charge in [-0.1, -0.05) is 30.4 Å². The second-order valence-electron chi connectivity index (χ2n) is 7.58. The van der Waals surface area contributed by atoms with Gasteiger partial charge in [0.15, 0.2) is 5.82 Å². The Kier molecular flexibility index (Phi) is 5.17. The number of anilines is 2. The van der Waals surface area contributed by atoms with Crippen LogP contribution in [0.15, 0.2) is 91.5 Å². The first-order chi connectivity index (χ1) is 15.8. The summed E-state index contributed by atoms with van der Waals surface area (Å²) in [5.41, 5.74) is 4.82. The maximum absolute atomic E-state index is 11.0. The Hall–Kier alpha value is -4.32. The maximum Gasteiger partial charge on any atom is 0.160 e. The lowest BCUT2D eigenvalue weighted by atomic mass is 9.69. The predicted molar refractivity (Wildman–Crippen MR) is 125 cm³/mol. The molecule has 156 valence electrons. The van der Waals surface area contributed by atoms with Crippen LogP contribution >= 0.6 is 0 Å². The fraction of sp³-hybridized carbons (Fsp3) is 0.0769. The van der Waals surface area contributed by atoms with Gasteiger partial charge in [0.1, 0.15) is 6.29 Å². The lowest BCUT2D eigenvalue weighted by Gasteiger charge is -2.34. The van der Waals surface area contributed by atoms with E-state index in [1.165, 1.54) is 6.08 Å². The zero-order chi connectivity index (χ0) is 21.8. The van der Waals surface area contributed by atoms with Crippen LogP contribution in [0.2, 0.25) is 0 Å². The van der Waals surface area contributed by atoms with E-state index < -0.39 is 5.41 Å². The van der Waals surface area contributed by atoms with Crippen molar-refractivity contribution in [2.45, 2.75) is 11.8 Å². The second kappa shape index (κ2) is 8.43. The number of aldehydes is 1. The number of fused-ring (bicyclic) bond motifs is 1. The molecule has 0 spiro atoms. The van der Waals surface area contributed by atoms with Crippen LogP contribution < -0.4 is 5.32 Å². The molecule has 0 radical (unpaired) electrons. The molecule has 1 aliphatic rings. The van der Waals surface area contributed by atoms with Crippen molar-refractivity contribution in [2.24, 2.45) is 0 Å². The number of benzene rings is 1. The average molecular weight is 419 g/mol. The highest BCUT2D eigenvalue weighted by Gasteiger charge is 2.37. The number of rotatable bonds is 6. The second-order valence-corrected chi connectivity index (χ2v) is 7.58. The molecule has 0 saturated heterocycles. The van der Waals surface area contributed by atoms with Crippen molar-refractivity contribution in [3.8, 4) is 0 Å². The van der Waals surface area contributed by atoms with Gasteiger partial charge in [-0.15, -0.1) is 5.10 Å². The molecule has 32 heavy (non-hydrogen) atoms. The predicted octanol–water partition coefficient (Wildman–Crippen LogP) is 4.64. The molecule has 4 aromatic rings. The van der Waals surface area contributed by atoms with E-state index >= 15 is 0 Å². The number of aromatic nitrogens is 4. The molecule has 0 unspecified atom stereocenters. The Labute approximate surface area is 186 Å². The van der Waals surface area contributed by atoms with E-state index in [2.05, 4.69) is 27.4 Å². The molecule has 3 aromatic heterocycles. The van der Waals surface area contributed by atoms with Gasteiger partial charge in [0.2, 0.25) is 0 Å². The van der Waals surface area contributed by atoms with Crippen LogP contribution in [0.3, 0.4) is 0 Å². The number of nitrogens with zero attached hydrogens (tertiary/aromatic N) is 4. The van der Waals surface area contributed by atoms with E-state index in [1.807, 2.05) is 79.4 Å². The summed E-state index contributed by atoms with van der Waals surface area (Å²) in [5.74, 6) is 0.746. The molecule has 6 nitrogen and oxygen atoms in total. The van der Waals surface area contributed by atoms with E-state index in [0.29, 0.717) is 6.42 Å². The summed E-state index contributed by atoms with van der Waals surface area (Å²) in [6.45, 7) is 0. The quantitative estimate of drug-likeness (QED) is 0.364. The molecule has 0 saturated carbocycles. The number of hydrogen-bond donors (Lipinski definition) is 1. The van der Waals surface area contributed by atoms with E-state index in [4.69, 9.17) is 5.10 Å². The summed E-state index contributed by atoms with van der Waals surface area (Å²) in [4.78, 5) is 19.5. The van der Waals surface area contributed by atoms with E-state index in [-0.39, 0.29) is 0 Å². The Balaban J connectivity index is 1.66. The van der Waals surface area contributed by atoms with Crippen LogP contribution in [0.5, 0.6) is 0 Å². The summed E-state index contributed by atoms with van der Waals surface area (Å²) in [6, 6.07) is 18.1. The molecule has 1 N–H and O–H groups in total. The van der Waals surface area contributed by atoms with Crippen molar-refractivity contribution < 1.29 is 4.79 Å². The number of para-hydroxylation sites is 1. The van der Waals surface area contributed by atoms with Gasteiger partial charge in [-0.2, -0.15) is 0 Å². The molecule has 1 aromatic carbocycles. The van der Waals surface area contributed by atoms with Crippen LogP contribution in [-0.2, 0) is 16.6 Å². The third-order valence-electron chi connectivity index (χ3n) is 5.76. The molecule has 5 rings (SSSR count). The van der Waals surface area contributed by atoms with E-state index in [1.54, 1.807) is 10.9 Å². The third kappa shape index (κ3) is 3.52. The minimum Gasteiger partial charge on any atom is -0.338 e. The van der Waals surface area contributed by atoms with Crippen molar-refractivity contribution in [3.63, 3.8) is 0 Å². The smallest absolute Gasteiger partial charge is 0.160 e. The summed E-state index contributed by atoms with van der Waals surface area (Å²) in [5, 5.41) is 8.17. The van der Waals surface area contributed by atoms with Gasteiger partial charge in [-0.3, -0.25) is 14.8 Å². The lowest BCUT2D eigenvalue weighted by molar-refractivity contribution is -0.104. The van der Waals surface area contributed by atoms with Crippen LogP contribution in [0.25, 0.3) is 12.3 Å². The first-order valence-corrected chi connectivity index (χ1v) is 10.4. The highest BCUT2D eigenvalue weighted by Crippen LogP contribution is 2.43. The van der Waals surface area contributed by atoms with Crippen molar-refractivity contribution in [1.82, 2.24) is 19.7 Å². The number of allylic oxidation sites excluding steroid dienone is 2. The van der Waals surface area contributed by atoms with Gasteiger partial charge < -0.3 is 5.32 Å². The number of hydrogen-bond acceptors (Lipinski definition) is 5. The van der Waals surface area contributed by atoms with Gasteiger partial charge in [0.05, 0.1) is 5.69 Å². The minimum atomic E-state index is -0.407. The number of carbonyl (C=O) groups is 1. The Morgan fingerprint density at radius 2 is 1.56 bits per heavy atom. The Bertz CT molecular complexity index is 1240. The Morgan fingerprint density at radius 1 is 0.906 bits per heavy atom. The average Bonchev–Trinajstić information content (AvgIpc) is 3.20. The molecular weight excluding hydrogens is 398 g/mol. The van der Waals surface area contributed by atoms with Gasteiger partial charge >= 0.3 is 0 Å². The van der Waals surface area contributed by atoms with Crippen molar-refractivity contribution in [1.29, 1.82) is 0 Å². The van der Waals surface area contributed by atoms with Crippen LogP contribution in [0, 0.1) is 0 Å². The first kappa shape index (κ1) is 19.6. The molecule has 6 heteroatoms. The number of carbonyl (C=O) groups excluding carboxylic acids is 1. The van der Waals surface area contributed by atoms with Crippen molar-refractivity contribution in [2.75, 3.05) is 5.32 Å². The van der Waals surface area contributed by atoms with Gasteiger partial charge in [-0.05, 0) is 53.6 Å². The zero-order valence-electron chi connectivity index (χ0n) is 17.3. The van der Waals surface area contributed by atoms with Gasteiger partial charge in [-0.25, -0.2) is 4.68 Å². The van der Waals surface area contributed by atoms with Crippen LogP contribution in [-0.4, -0.2) is 26.0 Å². The fourth-order valence-electron chi connectivity index (χ4n) is 4.23. The molecule has 3 heterocycles. The molecule has 0 bridgehead atoms. The zero-order valence-corrected chi connectivity index (χ0v) is 17.3.